The minimum atomic E-state index is -0.493. The third kappa shape index (κ3) is 5.95. The van der Waals surface area contributed by atoms with Gasteiger partial charge in [0.1, 0.15) is 16.8 Å². The predicted molar refractivity (Wildman–Crippen MR) is 126 cm³/mol. The molecule has 32 heavy (non-hydrogen) atoms. The summed E-state index contributed by atoms with van der Waals surface area (Å²) in [5, 5.41) is 9.62. The zero-order chi connectivity index (χ0) is 22.9. The Hall–Kier alpha value is -3.19. The van der Waals surface area contributed by atoms with Gasteiger partial charge in [0.2, 0.25) is 0 Å². The maximum atomic E-state index is 12.1. The van der Waals surface area contributed by atoms with E-state index in [2.05, 4.69) is 22.4 Å². The fourth-order valence-electron chi connectivity index (χ4n) is 3.07. The second-order valence-electron chi connectivity index (χ2n) is 7.26. The van der Waals surface area contributed by atoms with E-state index in [0.29, 0.717) is 30.3 Å². The van der Waals surface area contributed by atoms with Gasteiger partial charge in [0, 0.05) is 6.54 Å². The Morgan fingerprint density at radius 3 is 2.66 bits per heavy atom. The lowest BCUT2D eigenvalue weighted by atomic mass is 10.1. The van der Waals surface area contributed by atoms with E-state index >= 15 is 0 Å². The first-order valence-corrected chi connectivity index (χ1v) is 10.9. The number of aromatic nitrogens is 2. The van der Waals surface area contributed by atoms with Gasteiger partial charge in [-0.25, -0.2) is 5.10 Å². The summed E-state index contributed by atoms with van der Waals surface area (Å²) in [5.74, 6) is 1.56. The van der Waals surface area contributed by atoms with Gasteiger partial charge in [-0.05, 0) is 36.6 Å². The third-order valence-corrected chi connectivity index (χ3v) is 5.26. The number of anilines is 1. The lowest BCUT2D eigenvalue weighted by Crippen LogP contribution is -2.16. The molecule has 1 heterocycles. The number of hydrogen-bond acceptors (Lipinski definition) is 6. The average molecular weight is 458 g/mol. The number of methoxy groups -OCH3 is 1. The Balaban J connectivity index is 1.79. The van der Waals surface area contributed by atoms with Crippen LogP contribution in [-0.2, 0) is 6.54 Å². The van der Waals surface area contributed by atoms with Crippen molar-refractivity contribution in [2.45, 2.75) is 39.3 Å². The van der Waals surface area contributed by atoms with Gasteiger partial charge in [-0.2, -0.15) is 0 Å². The lowest BCUT2D eigenvalue weighted by Gasteiger charge is -2.18. The van der Waals surface area contributed by atoms with Crippen LogP contribution in [0.1, 0.15) is 43.9 Å². The molecule has 8 heteroatoms. The molecule has 0 fully saturated rings. The molecule has 0 saturated heterocycles. The van der Waals surface area contributed by atoms with Crippen LogP contribution in [0.2, 0.25) is 5.02 Å². The van der Waals surface area contributed by atoms with Gasteiger partial charge in [-0.3, -0.25) is 4.79 Å². The normalized spacial score (nSPS) is 11.6. The molecule has 1 unspecified atom stereocenters. The van der Waals surface area contributed by atoms with Crippen LogP contribution in [0.5, 0.6) is 17.4 Å². The van der Waals surface area contributed by atoms with Gasteiger partial charge in [0.05, 0.1) is 13.7 Å². The molecular weight excluding hydrogens is 430 g/mol. The van der Waals surface area contributed by atoms with E-state index in [-0.39, 0.29) is 17.0 Å². The molecule has 0 aliphatic carbocycles. The van der Waals surface area contributed by atoms with E-state index in [4.69, 9.17) is 25.8 Å². The first-order valence-electron chi connectivity index (χ1n) is 10.6. The van der Waals surface area contributed by atoms with Crippen LogP contribution >= 0.6 is 11.6 Å². The number of rotatable bonds is 11. The summed E-state index contributed by atoms with van der Waals surface area (Å²) in [4.78, 5) is 12.1. The van der Waals surface area contributed by atoms with Crippen LogP contribution in [0, 0.1) is 0 Å². The number of nitrogens with zero attached hydrogens (tertiary/aromatic N) is 1. The Bertz CT molecular complexity index is 1070. The number of halogens is 1. The highest BCUT2D eigenvalue weighted by atomic mass is 35.5. The Morgan fingerprint density at radius 1 is 1.16 bits per heavy atom. The molecule has 0 aliphatic heterocycles. The lowest BCUT2D eigenvalue weighted by molar-refractivity contribution is 0.216. The van der Waals surface area contributed by atoms with Gasteiger partial charge < -0.3 is 19.5 Å². The average Bonchev–Trinajstić information content (AvgIpc) is 2.82. The number of unbranched alkanes of at least 4 members (excludes halogenated alkanes) is 1. The highest BCUT2D eigenvalue weighted by molar-refractivity contribution is 6.33. The van der Waals surface area contributed by atoms with Crippen molar-refractivity contribution < 1.29 is 14.2 Å². The molecule has 3 aromatic rings. The zero-order valence-electron chi connectivity index (χ0n) is 18.5. The summed E-state index contributed by atoms with van der Waals surface area (Å²) < 4.78 is 17.3. The van der Waals surface area contributed by atoms with Gasteiger partial charge in [0.25, 0.3) is 11.4 Å². The molecule has 1 aromatic heterocycles. The molecule has 0 saturated carbocycles. The Kier molecular flexibility index (Phi) is 8.39. The van der Waals surface area contributed by atoms with Crippen LogP contribution in [0.25, 0.3) is 0 Å². The zero-order valence-corrected chi connectivity index (χ0v) is 19.2. The third-order valence-electron chi connectivity index (χ3n) is 4.90. The highest BCUT2D eigenvalue weighted by Crippen LogP contribution is 2.32. The van der Waals surface area contributed by atoms with Gasteiger partial charge in [0.15, 0.2) is 11.5 Å². The van der Waals surface area contributed by atoms with Crippen molar-refractivity contribution in [2.75, 3.05) is 19.0 Å². The van der Waals surface area contributed by atoms with Crippen LogP contribution in [-0.4, -0.2) is 23.9 Å². The second kappa shape index (κ2) is 11.4. The molecule has 0 aliphatic rings. The van der Waals surface area contributed by atoms with E-state index in [1.165, 1.54) is 0 Å². The minimum absolute atomic E-state index is 0.0109. The van der Waals surface area contributed by atoms with E-state index < -0.39 is 5.56 Å². The maximum absolute atomic E-state index is 12.1. The van der Waals surface area contributed by atoms with Crippen molar-refractivity contribution in [1.82, 2.24) is 10.2 Å². The first-order chi connectivity index (χ1) is 15.5. The van der Waals surface area contributed by atoms with Crippen molar-refractivity contribution in [3.05, 3.63) is 75.0 Å². The fraction of sp³-hybridized carbons (Fsp3) is 0.333. The van der Waals surface area contributed by atoms with Crippen molar-refractivity contribution in [3.8, 4) is 17.4 Å². The molecule has 1 atom stereocenters. The fourth-order valence-corrected chi connectivity index (χ4v) is 3.26. The molecule has 0 amide bonds. The van der Waals surface area contributed by atoms with Crippen LogP contribution in [0.15, 0.2) is 53.3 Å². The molecule has 2 aromatic carbocycles. The van der Waals surface area contributed by atoms with Crippen molar-refractivity contribution in [1.29, 1.82) is 0 Å². The molecule has 0 bridgehead atoms. The van der Waals surface area contributed by atoms with Crippen LogP contribution in [0.3, 0.4) is 0 Å². The molecule has 170 valence electrons. The number of aromatic amines is 1. The number of H-pyrrole nitrogens is 1. The topological polar surface area (TPSA) is 85.5 Å². The summed E-state index contributed by atoms with van der Waals surface area (Å²) >= 11 is 6.29. The smallest absolute Gasteiger partial charge is 0.285 e. The molecular formula is C24H28ClN3O4. The number of hydrogen-bond donors (Lipinski definition) is 2. The minimum Gasteiger partial charge on any atom is -0.493 e. The largest absolute Gasteiger partial charge is 0.493 e. The summed E-state index contributed by atoms with van der Waals surface area (Å²) in [6, 6.07) is 15.4. The van der Waals surface area contributed by atoms with Gasteiger partial charge >= 0.3 is 0 Å². The summed E-state index contributed by atoms with van der Waals surface area (Å²) in [6.07, 6.45) is 1.72. The quantitative estimate of drug-likeness (QED) is 0.377. The molecule has 7 nitrogen and oxygen atoms in total. The summed E-state index contributed by atoms with van der Waals surface area (Å²) in [7, 11) is 1.61. The van der Waals surface area contributed by atoms with Crippen molar-refractivity contribution in [3.63, 3.8) is 0 Å². The van der Waals surface area contributed by atoms with E-state index in [0.717, 1.165) is 24.0 Å². The van der Waals surface area contributed by atoms with Crippen LogP contribution in [0.4, 0.5) is 5.69 Å². The number of nitrogens with one attached hydrogen (secondary N) is 2. The Labute approximate surface area is 192 Å². The SMILES string of the molecule is CCCCOc1cc(CNc2c(OC(C)c3ccccc3)n[nH]c(=O)c2Cl)ccc1OC. The van der Waals surface area contributed by atoms with Crippen molar-refractivity contribution >= 4 is 17.3 Å². The summed E-state index contributed by atoms with van der Waals surface area (Å²) in [6.45, 7) is 5.01. The molecule has 3 rings (SSSR count). The van der Waals surface area contributed by atoms with E-state index in [1.807, 2.05) is 55.5 Å². The highest BCUT2D eigenvalue weighted by Gasteiger charge is 2.17. The molecule has 0 radical (unpaired) electrons. The van der Waals surface area contributed by atoms with E-state index in [9.17, 15) is 4.79 Å². The molecule has 0 spiro atoms. The second-order valence-corrected chi connectivity index (χ2v) is 7.64. The summed E-state index contributed by atoms with van der Waals surface area (Å²) in [5.41, 5.74) is 1.75. The maximum Gasteiger partial charge on any atom is 0.285 e. The molecule has 2 N–H and O–H groups in total. The Morgan fingerprint density at radius 2 is 1.94 bits per heavy atom. The standard InChI is InChI=1S/C24H28ClN3O4/c1-4-5-13-31-20-14-17(11-12-19(20)30-3)15-26-22-21(25)23(29)27-28-24(22)32-16(2)18-9-7-6-8-10-18/h6-12,14,16H,4-5,13,15H2,1-3H3,(H2,26,27,29). The monoisotopic (exact) mass is 457 g/mol. The van der Waals surface area contributed by atoms with Crippen molar-refractivity contribution in [2.24, 2.45) is 0 Å². The first kappa shape index (κ1) is 23.5. The van der Waals surface area contributed by atoms with Gasteiger partial charge in [-0.15, -0.1) is 5.10 Å². The number of ether oxygens (including phenoxy) is 3. The van der Waals surface area contributed by atoms with Gasteiger partial charge in [-0.1, -0.05) is 61.3 Å². The van der Waals surface area contributed by atoms with Crippen LogP contribution < -0.4 is 25.1 Å². The number of benzene rings is 2. The predicted octanol–water partition coefficient (Wildman–Crippen LogP) is 5.36. The van der Waals surface area contributed by atoms with E-state index in [1.54, 1.807) is 7.11 Å².